The Morgan fingerprint density at radius 2 is 2.11 bits per heavy atom. The second-order valence-electron chi connectivity index (χ2n) is 3.97. The first-order chi connectivity index (χ1) is 8.54. The summed E-state index contributed by atoms with van der Waals surface area (Å²) >= 11 is 4.09. The van der Waals surface area contributed by atoms with Gasteiger partial charge < -0.3 is 25.9 Å². The predicted molar refractivity (Wildman–Crippen MR) is 70.9 cm³/mol. The summed E-state index contributed by atoms with van der Waals surface area (Å²) in [5.74, 6) is 5.13. The molecule has 1 aliphatic heterocycles. The summed E-state index contributed by atoms with van der Waals surface area (Å²) in [7, 11) is 0. The number of hydrazone groups is 1. The fourth-order valence-electron chi connectivity index (χ4n) is 1.58. The molecule has 0 aliphatic carbocycles. The minimum Gasteiger partial charge on any atom is -0.394 e. The van der Waals surface area contributed by atoms with Gasteiger partial charge in [0.15, 0.2) is 6.23 Å². The van der Waals surface area contributed by atoms with Gasteiger partial charge in [-0.25, -0.2) is 0 Å². The zero-order valence-corrected chi connectivity index (χ0v) is 10.9. The van der Waals surface area contributed by atoms with Crippen molar-refractivity contribution in [2.24, 2.45) is 15.9 Å². The molecule has 0 spiro atoms. The molecule has 18 heavy (non-hydrogen) atoms. The van der Waals surface area contributed by atoms with E-state index in [0.717, 1.165) is 0 Å². The summed E-state index contributed by atoms with van der Waals surface area (Å²) in [6, 6.07) is 0. The largest absolute Gasteiger partial charge is 0.394 e. The molecule has 0 aromatic heterocycles. The Morgan fingerprint density at radius 1 is 1.44 bits per heavy atom. The van der Waals surface area contributed by atoms with E-state index >= 15 is 0 Å². The van der Waals surface area contributed by atoms with Crippen LogP contribution in [0.25, 0.3) is 0 Å². The number of hydrogen-bond donors (Lipinski definition) is 5. The Kier molecular flexibility index (Phi) is 6.03. The van der Waals surface area contributed by atoms with Crippen molar-refractivity contribution < 1.29 is 20.1 Å². The number of thiol groups is 1. The maximum atomic E-state index is 9.85. The van der Waals surface area contributed by atoms with Crippen LogP contribution in [-0.4, -0.2) is 63.6 Å². The van der Waals surface area contributed by atoms with Gasteiger partial charge in [-0.05, 0) is 6.42 Å². The lowest BCUT2D eigenvalue weighted by molar-refractivity contribution is -0.171. The first-order valence-corrected chi connectivity index (χ1v) is 6.17. The lowest BCUT2D eigenvalue weighted by Crippen LogP contribution is -2.55. The maximum absolute atomic E-state index is 9.85. The van der Waals surface area contributed by atoms with Crippen molar-refractivity contribution in [1.82, 2.24) is 0 Å². The Morgan fingerprint density at radius 3 is 2.61 bits per heavy atom. The third-order valence-electron chi connectivity index (χ3n) is 2.77. The van der Waals surface area contributed by atoms with Crippen molar-refractivity contribution in [3.05, 3.63) is 0 Å². The zero-order chi connectivity index (χ0) is 13.7. The average Bonchev–Trinajstić information content (AvgIpc) is 2.39. The molecule has 5 atom stereocenters. The molecule has 0 saturated carbocycles. The van der Waals surface area contributed by atoms with Gasteiger partial charge in [-0.3, -0.25) is 4.99 Å². The Labute approximate surface area is 111 Å². The van der Waals surface area contributed by atoms with Crippen LogP contribution in [-0.2, 0) is 4.74 Å². The van der Waals surface area contributed by atoms with E-state index in [4.69, 9.17) is 15.7 Å². The number of hydrogen-bond acceptors (Lipinski definition) is 8. The summed E-state index contributed by atoms with van der Waals surface area (Å²) in [5, 5.41) is 31.4. The van der Waals surface area contributed by atoms with Crippen LogP contribution in [0.15, 0.2) is 10.1 Å². The molecule has 0 bridgehead atoms. The summed E-state index contributed by atoms with van der Waals surface area (Å²) in [6.45, 7) is 1.49. The maximum Gasteiger partial charge on any atom is 0.175 e. The highest BCUT2D eigenvalue weighted by Crippen LogP contribution is 2.25. The standard InChI is InChI=1S/C10H19N3O4S/c1-2-5(13-11)3-12-10-8(16)9(18)7(15)6(4-14)17-10/h3,6-10,14-16,18H,2,4,11H2,1H3/t6-,7-,8+,9+,10+/m1/s1. The molecule has 1 aliphatic rings. The molecule has 1 heterocycles. The van der Waals surface area contributed by atoms with Crippen LogP contribution in [0.3, 0.4) is 0 Å². The fraction of sp³-hybridized carbons (Fsp3) is 0.800. The second kappa shape index (κ2) is 7.05. The van der Waals surface area contributed by atoms with Crippen LogP contribution < -0.4 is 5.84 Å². The highest BCUT2D eigenvalue weighted by molar-refractivity contribution is 7.81. The van der Waals surface area contributed by atoms with E-state index in [2.05, 4.69) is 22.7 Å². The molecule has 5 N–H and O–H groups in total. The number of aliphatic hydroxyl groups excluding tert-OH is 3. The van der Waals surface area contributed by atoms with Gasteiger partial charge in [0, 0.05) is 6.21 Å². The van der Waals surface area contributed by atoms with Crippen molar-refractivity contribution in [2.45, 2.75) is 43.1 Å². The van der Waals surface area contributed by atoms with E-state index in [0.29, 0.717) is 12.1 Å². The molecule has 0 unspecified atom stereocenters. The Balaban J connectivity index is 2.76. The van der Waals surface area contributed by atoms with E-state index in [1.165, 1.54) is 6.21 Å². The SMILES string of the molecule is CCC(C=N[C@H]1O[C@H](CO)[C@@H](O)[C@H](S)[C@@H]1O)=NN. The van der Waals surface area contributed by atoms with Gasteiger partial charge >= 0.3 is 0 Å². The van der Waals surface area contributed by atoms with E-state index in [-0.39, 0.29) is 6.61 Å². The van der Waals surface area contributed by atoms with E-state index < -0.39 is 29.8 Å². The molecule has 1 rings (SSSR count). The molecule has 0 aromatic rings. The Bertz CT molecular complexity index is 324. The van der Waals surface area contributed by atoms with Crippen LogP contribution in [0.2, 0.25) is 0 Å². The van der Waals surface area contributed by atoms with Gasteiger partial charge in [-0.1, -0.05) is 6.92 Å². The number of rotatable bonds is 4. The Hall–Kier alpha value is -0.670. The minimum absolute atomic E-state index is 0.372. The quantitative estimate of drug-likeness (QED) is 0.186. The van der Waals surface area contributed by atoms with E-state index in [1.807, 2.05) is 6.92 Å². The third kappa shape index (κ3) is 3.42. The predicted octanol–water partition coefficient (Wildman–Crippen LogP) is -1.48. The van der Waals surface area contributed by atoms with Crippen molar-refractivity contribution in [3.63, 3.8) is 0 Å². The molecule has 1 fully saturated rings. The topological polar surface area (TPSA) is 121 Å². The molecule has 1 saturated heterocycles. The van der Waals surface area contributed by atoms with Crippen LogP contribution in [0.5, 0.6) is 0 Å². The molecular weight excluding hydrogens is 258 g/mol. The molecule has 0 aromatic carbocycles. The van der Waals surface area contributed by atoms with E-state index in [9.17, 15) is 10.2 Å². The third-order valence-corrected chi connectivity index (χ3v) is 3.38. The lowest BCUT2D eigenvalue weighted by Gasteiger charge is -2.38. The summed E-state index contributed by atoms with van der Waals surface area (Å²) < 4.78 is 5.28. The average molecular weight is 277 g/mol. The number of nitrogens with two attached hydrogens (primary N) is 1. The van der Waals surface area contributed by atoms with Gasteiger partial charge in [0.1, 0.15) is 12.2 Å². The van der Waals surface area contributed by atoms with Crippen molar-refractivity contribution in [1.29, 1.82) is 0 Å². The van der Waals surface area contributed by atoms with Gasteiger partial charge in [0.05, 0.1) is 23.7 Å². The van der Waals surface area contributed by atoms with Crippen molar-refractivity contribution in [2.75, 3.05) is 6.61 Å². The minimum atomic E-state index is -1.07. The number of aliphatic hydroxyl groups is 3. The lowest BCUT2D eigenvalue weighted by atomic mass is 10.0. The number of ether oxygens (including phenoxy) is 1. The first kappa shape index (κ1) is 15.4. The molecule has 0 radical (unpaired) electrons. The normalized spacial score (nSPS) is 38.3. The second-order valence-corrected chi connectivity index (χ2v) is 4.57. The molecular formula is C10H19N3O4S. The summed E-state index contributed by atoms with van der Waals surface area (Å²) in [5.41, 5.74) is 0.549. The van der Waals surface area contributed by atoms with Gasteiger partial charge in [-0.2, -0.15) is 17.7 Å². The highest BCUT2D eigenvalue weighted by Gasteiger charge is 2.42. The number of aliphatic imine (C=N–C) groups is 1. The fourth-order valence-corrected chi connectivity index (χ4v) is 1.92. The highest BCUT2D eigenvalue weighted by atomic mass is 32.1. The van der Waals surface area contributed by atoms with Crippen LogP contribution >= 0.6 is 12.6 Å². The zero-order valence-electron chi connectivity index (χ0n) is 10.0. The molecule has 104 valence electrons. The first-order valence-electron chi connectivity index (χ1n) is 5.65. The van der Waals surface area contributed by atoms with Gasteiger partial charge in [0.2, 0.25) is 0 Å². The van der Waals surface area contributed by atoms with Crippen LogP contribution in [0.1, 0.15) is 13.3 Å². The van der Waals surface area contributed by atoms with E-state index in [1.54, 1.807) is 0 Å². The number of nitrogens with zero attached hydrogens (tertiary/aromatic N) is 2. The monoisotopic (exact) mass is 277 g/mol. The van der Waals surface area contributed by atoms with Crippen molar-refractivity contribution >= 4 is 24.6 Å². The van der Waals surface area contributed by atoms with Crippen LogP contribution in [0, 0.1) is 0 Å². The van der Waals surface area contributed by atoms with Gasteiger partial charge in [-0.15, -0.1) is 0 Å². The van der Waals surface area contributed by atoms with Crippen LogP contribution in [0.4, 0.5) is 0 Å². The van der Waals surface area contributed by atoms with Crippen molar-refractivity contribution in [3.8, 4) is 0 Å². The molecule has 0 amide bonds. The molecule has 8 heteroatoms. The molecule has 7 nitrogen and oxygen atoms in total. The van der Waals surface area contributed by atoms with Gasteiger partial charge in [0.25, 0.3) is 0 Å². The summed E-state index contributed by atoms with van der Waals surface area (Å²) in [4.78, 5) is 4.01. The summed E-state index contributed by atoms with van der Waals surface area (Å²) in [6.07, 6.45) is -1.85. The smallest absolute Gasteiger partial charge is 0.175 e.